The molecule has 3 aromatic rings. The van der Waals surface area contributed by atoms with Crippen molar-refractivity contribution in [2.75, 3.05) is 0 Å². The molecule has 0 amide bonds. The summed E-state index contributed by atoms with van der Waals surface area (Å²) in [5.41, 5.74) is 3.21. The molecule has 0 saturated carbocycles. The Labute approximate surface area is 125 Å². The lowest BCUT2D eigenvalue weighted by atomic mass is 9.94. The van der Waals surface area contributed by atoms with Crippen LogP contribution in [0.15, 0.2) is 59.0 Å². The summed E-state index contributed by atoms with van der Waals surface area (Å²) in [6, 6.07) is 18.3. The first kappa shape index (κ1) is 13.9. The lowest BCUT2D eigenvalue weighted by Gasteiger charge is -2.15. The SMILES string of the molecule is Cc1cccc2cc(C(O)CC(C)c3ccccc3)oc12. The van der Waals surface area contributed by atoms with Crippen molar-refractivity contribution in [2.45, 2.75) is 32.3 Å². The topological polar surface area (TPSA) is 33.4 Å². The third-order valence-electron chi connectivity index (χ3n) is 4.03. The highest BCUT2D eigenvalue weighted by Crippen LogP contribution is 2.32. The van der Waals surface area contributed by atoms with Gasteiger partial charge in [-0.3, -0.25) is 0 Å². The number of para-hydroxylation sites is 1. The zero-order chi connectivity index (χ0) is 14.8. The Morgan fingerprint density at radius 2 is 1.81 bits per heavy atom. The number of hydrogen-bond donors (Lipinski definition) is 1. The molecule has 2 atom stereocenters. The van der Waals surface area contributed by atoms with Gasteiger partial charge >= 0.3 is 0 Å². The molecule has 108 valence electrons. The highest BCUT2D eigenvalue weighted by atomic mass is 16.4. The second-order valence-electron chi connectivity index (χ2n) is 5.71. The van der Waals surface area contributed by atoms with Gasteiger partial charge < -0.3 is 9.52 Å². The number of benzene rings is 2. The Morgan fingerprint density at radius 3 is 2.52 bits per heavy atom. The van der Waals surface area contributed by atoms with Crippen LogP contribution in [-0.4, -0.2) is 5.11 Å². The van der Waals surface area contributed by atoms with Crippen LogP contribution in [0.25, 0.3) is 11.0 Å². The molecule has 0 bridgehead atoms. The maximum Gasteiger partial charge on any atom is 0.137 e. The molecule has 2 nitrogen and oxygen atoms in total. The molecule has 1 aromatic heterocycles. The fourth-order valence-electron chi connectivity index (χ4n) is 2.76. The summed E-state index contributed by atoms with van der Waals surface area (Å²) in [5, 5.41) is 11.5. The van der Waals surface area contributed by atoms with Crippen LogP contribution >= 0.6 is 0 Å². The van der Waals surface area contributed by atoms with Crippen LogP contribution < -0.4 is 0 Å². The van der Waals surface area contributed by atoms with Crippen molar-refractivity contribution in [3.8, 4) is 0 Å². The zero-order valence-corrected chi connectivity index (χ0v) is 12.4. The number of rotatable bonds is 4. The normalized spacial score (nSPS) is 14.2. The first-order valence-corrected chi connectivity index (χ1v) is 7.37. The molecule has 0 aliphatic heterocycles. The summed E-state index contributed by atoms with van der Waals surface area (Å²) in [6.07, 6.45) is 0.0788. The van der Waals surface area contributed by atoms with Crippen LogP contribution in [0.3, 0.4) is 0 Å². The van der Waals surface area contributed by atoms with Crippen molar-refractivity contribution in [1.29, 1.82) is 0 Å². The van der Waals surface area contributed by atoms with Crippen LogP contribution in [0.4, 0.5) is 0 Å². The van der Waals surface area contributed by atoms with E-state index in [1.54, 1.807) is 0 Å². The van der Waals surface area contributed by atoms with E-state index in [-0.39, 0.29) is 5.92 Å². The van der Waals surface area contributed by atoms with Crippen molar-refractivity contribution in [3.63, 3.8) is 0 Å². The van der Waals surface area contributed by atoms with Gasteiger partial charge in [-0.05, 0) is 36.5 Å². The number of aliphatic hydroxyl groups is 1. The minimum atomic E-state index is -0.577. The fraction of sp³-hybridized carbons (Fsp3) is 0.263. The Hall–Kier alpha value is -2.06. The average molecular weight is 280 g/mol. The lowest BCUT2D eigenvalue weighted by molar-refractivity contribution is 0.135. The maximum absolute atomic E-state index is 10.5. The predicted octanol–water partition coefficient (Wildman–Crippen LogP) is 4.97. The Bertz CT molecular complexity index is 728. The predicted molar refractivity (Wildman–Crippen MR) is 85.4 cm³/mol. The minimum absolute atomic E-state index is 0.288. The summed E-state index contributed by atoms with van der Waals surface area (Å²) in [4.78, 5) is 0. The first-order chi connectivity index (χ1) is 10.1. The smallest absolute Gasteiger partial charge is 0.137 e. The van der Waals surface area contributed by atoms with Crippen LogP contribution in [0, 0.1) is 6.92 Å². The van der Waals surface area contributed by atoms with Gasteiger partial charge in [-0.2, -0.15) is 0 Å². The van der Waals surface area contributed by atoms with Crippen LogP contribution in [-0.2, 0) is 0 Å². The molecule has 0 aliphatic carbocycles. The van der Waals surface area contributed by atoms with E-state index in [9.17, 15) is 5.11 Å². The summed E-state index contributed by atoms with van der Waals surface area (Å²) in [6.45, 7) is 4.15. The van der Waals surface area contributed by atoms with E-state index in [2.05, 4.69) is 19.1 Å². The molecule has 3 rings (SSSR count). The number of furan rings is 1. The van der Waals surface area contributed by atoms with Gasteiger partial charge in [-0.25, -0.2) is 0 Å². The van der Waals surface area contributed by atoms with E-state index in [4.69, 9.17) is 4.42 Å². The van der Waals surface area contributed by atoms with Gasteiger partial charge in [0.1, 0.15) is 17.4 Å². The molecule has 0 aliphatic rings. The number of aryl methyl sites for hydroxylation is 1. The van der Waals surface area contributed by atoms with Crippen LogP contribution in [0.2, 0.25) is 0 Å². The Morgan fingerprint density at radius 1 is 1.05 bits per heavy atom. The van der Waals surface area contributed by atoms with E-state index in [1.165, 1.54) is 5.56 Å². The maximum atomic E-state index is 10.5. The van der Waals surface area contributed by atoms with Crippen molar-refractivity contribution < 1.29 is 9.52 Å². The van der Waals surface area contributed by atoms with Crippen molar-refractivity contribution in [1.82, 2.24) is 0 Å². The molecule has 0 radical (unpaired) electrons. The van der Waals surface area contributed by atoms with E-state index in [0.29, 0.717) is 12.2 Å². The largest absolute Gasteiger partial charge is 0.458 e. The molecule has 0 fully saturated rings. The van der Waals surface area contributed by atoms with Gasteiger partial charge in [0.25, 0.3) is 0 Å². The molecule has 2 unspecified atom stereocenters. The molecule has 1 heterocycles. The second kappa shape index (κ2) is 5.74. The quantitative estimate of drug-likeness (QED) is 0.732. The second-order valence-corrected chi connectivity index (χ2v) is 5.71. The monoisotopic (exact) mass is 280 g/mol. The molecule has 2 heteroatoms. The number of hydrogen-bond acceptors (Lipinski definition) is 2. The van der Waals surface area contributed by atoms with Crippen molar-refractivity contribution >= 4 is 11.0 Å². The number of fused-ring (bicyclic) bond motifs is 1. The zero-order valence-electron chi connectivity index (χ0n) is 12.4. The van der Waals surface area contributed by atoms with Gasteiger partial charge in [-0.15, -0.1) is 0 Å². The molecule has 0 saturated heterocycles. The fourth-order valence-corrected chi connectivity index (χ4v) is 2.76. The summed E-state index contributed by atoms with van der Waals surface area (Å²) < 4.78 is 5.85. The summed E-state index contributed by atoms with van der Waals surface area (Å²) >= 11 is 0. The van der Waals surface area contributed by atoms with Gasteiger partial charge in [-0.1, -0.05) is 55.5 Å². The molecule has 0 spiro atoms. The average Bonchev–Trinajstić information content (AvgIpc) is 2.94. The molecular weight excluding hydrogens is 260 g/mol. The van der Waals surface area contributed by atoms with Gasteiger partial charge in [0.2, 0.25) is 0 Å². The first-order valence-electron chi connectivity index (χ1n) is 7.37. The van der Waals surface area contributed by atoms with E-state index in [0.717, 1.165) is 16.5 Å². The van der Waals surface area contributed by atoms with Crippen molar-refractivity contribution in [2.24, 2.45) is 0 Å². The minimum Gasteiger partial charge on any atom is -0.458 e. The standard InChI is InChI=1S/C19H20O2/c1-13-7-6-10-16-12-18(21-19(13)16)17(20)11-14(2)15-8-4-3-5-9-15/h3-10,12,14,17,20H,11H2,1-2H3. The lowest BCUT2D eigenvalue weighted by Crippen LogP contribution is -2.02. The van der Waals surface area contributed by atoms with Crippen molar-refractivity contribution in [3.05, 3.63) is 71.5 Å². The molecule has 21 heavy (non-hydrogen) atoms. The van der Waals surface area contributed by atoms with E-state index >= 15 is 0 Å². The van der Waals surface area contributed by atoms with Crippen LogP contribution in [0.1, 0.15) is 42.3 Å². The summed E-state index contributed by atoms with van der Waals surface area (Å²) in [5.74, 6) is 0.942. The van der Waals surface area contributed by atoms with E-state index in [1.807, 2.05) is 49.4 Å². The molecule has 1 N–H and O–H groups in total. The molecular formula is C19H20O2. The highest BCUT2D eigenvalue weighted by Gasteiger charge is 2.18. The highest BCUT2D eigenvalue weighted by molar-refractivity contribution is 5.80. The third kappa shape index (κ3) is 2.86. The Balaban J connectivity index is 1.81. The van der Waals surface area contributed by atoms with Gasteiger partial charge in [0.05, 0.1) is 0 Å². The van der Waals surface area contributed by atoms with E-state index < -0.39 is 6.10 Å². The molecule has 2 aromatic carbocycles. The van der Waals surface area contributed by atoms with Gasteiger partial charge in [0, 0.05) is 5.39 Å². The van der Waals surface area contributed by atoms with Gasteiger partial charge in [0.15, 0.2) is 0 Å². The van der Waals surface area contributed by atoms with Crippen LogP contribution in [0.5, 0.6) is 0 Å². The third-order valence-corrected chi connectivity index (χ3v) is 4.03. The summed E-state index contributed by atoms with van der Waals surface area (Å²) in [7, 11) is 0. The Kier molecular flexibility index (Phi) is 3.80. The number of aliphatic hydroxyl groups excluding tert-OH is 1.